The van der Waals surface area contributed by atoms with Gasteiger partial charge in [0.25, 0.3) is 0 Å². The quantitative estimate of drug-likeness (QED) is 0.765. The average molecular weight is 261 g/mol. The minimum absolute atomic E-state index is 0.385. The Morgan fingerprint density at radius 2 is 2.24 bits per heavy atom. The van der Waals surface area contributed by atoms with Crippen molar-refractivity contribution in [2.75, 3.05) is 13.7 Å². The van der Waals surface area contributed by atoms with Gasteiger partial charge in [-0.2, -0.15) is 5.10 Å². The van der Waals surface area contributed by atoms with Crippen LogP contribution in [-0.2, 0) is 17.7 Å². The zero-order valence-electron chi connectivity index (χ0n) is 10.7. The second kappa shape index (κ2) is 6.99. The first-order chi connectivity index (χ1) is 8.10. The van der Waals surface area contributed by atoms with Gasteiger partial charge in [-0.15, -0.1) is 0 Å². The lowest BCUT2D eigenvalue weighted by Gasteiger charge is -2.11. The molecule has 1 heterocycles. The number of hydrogen-bond donors (Lipinski definition) is 1. The van der Waals surface area contributed by atoms with Gasteiger partial charge in [-0.05, 0) is 26.7 Å². The van der Waals surface area contributed by atoms with E-state index in [4.69, 9.17) is 16.3 Å². The van der Waals surface area contributed by atoms with Crippen LogP contribution in [0.15, 0.2) is 0 Å². The van der Waals surface area contributed by atoms with Gasteiger partial charge >= 0.3 is 0 Å². The molecule has 1 aromatic heterocycles. The molecule has 1 rings (SSSR count). The first-order valence-electron chi connectivity index (χ1n) is 5.98. The molecule has 98 valence electrons. The lowest BCUT2D eigenvalue weighted by Crippen LogP contribution is -2.15. The second-order valence-electron chi connectivity index (χ2n) is 4.15. The van der Waals surface area contributed by atoms with Crippen molar-refractivity contribution in [2.24, 2.45) is 0 Å². The number of aryl methyl sites for hydroxylation is 2. The summed E-state index contributed by atoms with van der Waals surface area (Å²) < 4.78 is 6.82. The zero-order chi connectivity index (χ0) is 12.8. The summed E-state index contributed by atoms with van der Waals surface area (Å²) in [5, 5.41) is 14.9. The summed E-state index contributed by atoms with van der Waals surface area (Å²) in [4.78, 5) is 0. The number of halogens is 1. The van der Waals surface area contributed by atoms with Crippen LogP contribution in [0.4, 0.5) is 0 Å². The zero-order valence-corrected chi connectivity index (χ0v) is 11.5. The van der Waals surface area contributed by atoms with Crippen molar-refractivity contribution in [1.82, 2.24) is 9.78 Å². The summed E-state index contributed by atoms with van der Waals surface area (Å²) in [6, 6.07) is 0. The van der Waals surface area contributed by atoms with Gasteiger partial charge in [0.1, 0.15) is 0 Å². The van der Waals surface area contributed by atoms with Crippen LogP contribution in [0.1, 0.15) is 31.2 Å². The average Bonchev–Trinajstić information content (AvgIpc) is 2.57. The van der Waals surface area contributed by atoms with Crippen LogP contribution in [0.25, 0.3) is 0 Å². The molecule has 1 aromatic rings. The maximum absolute atomic E-state index is 9.93. The Morgan fingerprint density at radius 1 is 1.53 bits per heavy atom. The molecule has 0 radical (unpaired) electrons. The van der Waals surface area contributed by atoms with Crippen molar-refractivity contribution in [3.05, 3.63) is 16.4 Å². The molecule has 1 atom stereocenters. The molecular weight excluding hydrogens is 240 g/mol. The van der Waals surface area contributed by atoms with E-state index >= 15 is 0 Å². The van der Waals surface area contributed by atoms with E-state index < -0.39 is 0 Å². The Kier molecular flexibility index (Phi) is 5.95. The third-order valence-corrected chi connectivity index (χ3v) is 3.26. The van der Waals surface area contributed by atoms with Crippen LogP contribution in [0.2, 0.25) is 5.02 Å². The molecule has 0 bridgehead atoms. The predicted molar refractivity (Wildman–Crippen MR) is 68.5 cm³/mol. The topological polar surface area (TPSA) is 47.3 Å². The van der Waals surface area contributed by atoms with Crippen molar-refractivity contribution in [3.63, 3.8) is 0 Å². The molecule has 0 spiro atoms. The Bertz CT molecular complexity index is 353. The molecule has 0 aliphatic rings. The molecule has 0 aliphatic heterocycles. The Hall–Kier alpha value is -0.580. The Morgan fingerprint density at radius 3 is 2.82 bits per heavy atom. The largest absolute Gasteiger partial charge is 0.393 e. The number of aliphatic hydroxyl groups excluding tert-OH is 1. The standard InChI is InChI=1S/C12H21ClN2O2/c1-4-15-11(12(13)9(2)14-15)8-10(16)6-5-7-17-3/h10,16H,4-8H2,1-3H3. The fraction of sp³-hybridized carbons (Fsp3) is 0.750. The highest BCUT2D eigenvalue weighted by Crippen LogP contribution is 2.22. The number of hydrogen-bond acceptors (Lipinski definition) is 3. The SMILES string of the molecule is CCn1nc(C)c(Cl)c1CC(O)CCCOC. The van der Waals surface area contributed by atoms with E-state index in [-0.39, 0.29) is 6.10 Å². The number of aromatic nitrogens is 2. The number of methoxy groups -OCH3 is 1. The smallest absolute Gasteiger partial charge is 0.0848 e. The fourth-order valence-corrected chi connectivity index (χ4v) is 2.07. The highest BCUT2D eigenvalue weighted by molar-refractivity contribution is 6.31. The van der Waals surface area contributed by atoms with Crippen molar-refractivity contribution in [3.8, 4) is 0 Å². The molecule has 0 aliphatic carbocycles. The minimum atomic E-state index is -0.385. The molecule has 0 fully saturated rings. The summed E-state index contributed by atoms with van der Waals surface area (Å²) in [5.41, 5.74) is 1.75. The summed E-state index contributed by atoms with van der Waals surface area (Å²) >= 11 is 6.18. The number of aliphatic hydroxyl groups is 1. The summed E-state index contributed by atoms with van der Waals surface area (Å²) in [6.45, 7) is 5.35. The van der Waals surface area contributed by atoms with Crippen molar-refractivity contribution >= 4 is 11.6 Å². The predicted octanol–water partition coefficient (Wildman–Crippen LogP) is 2.19. The molecule has 5 heteroatoms. The highest BCUT2D eigenvalue weighted by Gasteiger charge is 2.16. The van der Waals surface area contributed by atoms with Gasteiger partial charge in [0.05, 0.1) is 22.5 Å². The lowest BCUT2D eigenvalue weighted by molar-refractivity contribution is 0.133. The van der Waals surface area contributed by atoms with Crippen molar-refractivity contribution in [1.29, 1.82) is 0 Å². The molecule has 1 unspecified atom stereocenters. The molecule has 0 amide bonds. The first kappa shape index (κ1) is 14.5. The van der Waals surface area contributed by atoms with E-state index in [2.05, 4.69) is 5.10 Å². The summed E-state index contributed by atoms with van der Waals surface area (Å²) in [6.07, 6.45) is 1.74. The maximum atomic E-state index is 9.93. The van der Waals surface area contributed by atoms with Crippen LogP contribution in [0, 0.1) is 6.92 Å². The van der Waals surface area contributed by atoms with Gasteiger partial charge in [-0.3, -0.25) is 4.68 Å². The third-order valence-electron chi connectivity index (χ3n) is 2.77. The second-order valence-corrected chi connectivity index (χ2v) is 4.53. The normalized spacial score (nSPS) is 13.0. The molecular formula is C12H21ClN2O2. The van der Waals surface area contributed by atoms with Crippen molar-refractivity contribution in [2.45, 2.75) is 45.8 Å². The minimum Gasteiger partial charge on any atom is -0.393 e. The maximum Gasteiger partial charge on any atom is 0.0848 e. The molecule has 4 nitrogen and oxygen atoms in total. The van der Waals surface area contributed by atoms with Crippen molar-refractivity contribution < 1.29 is 9.84 Å². The van der Waals surface area contributed by atoms with E-state index in [9.17, 15) is 5.11 Å². The van der Waals surface area contributed by atoms with Gasteiger partial charge in [0.15, 0.2) is 0 Å². The number of rotatable bonds is 7. The van der Waals surface area contributed by atoms with Crippen LogP contribution in [-0.4, -0.2) is 34.7 Å². The molecule has 17 heavy (non-hydrogen) atoms. The van der Waals surface area contributed by atoms with Gasteiger partial charge in [-0.1, -0.05) is 11.6 Å². The van der Waals surface area contributed by atoms with E-state index in [1.54, 1.807) is 7.11 Å². The first-order valence-corrected chi connectivity index (χ1v) is 6.36. The summed E-state index contributed by atoms with van der Waals surface area (Å²) in [5.74, 6) is 0. The van der Waals surface area contributed by atoms with Gasteiger partial charge < -0.3 is 9.84 Å². The Labute approximate surface area is 108 Å². The van der Waals surface area contributed by atoms with Crippen LogP contribution in [0.3, 0.4) is 0 Å². The van der Waals surface area contributed by atoms with E-state index in [1.165, 1.54) is 0 Å². The molecule has 0 aromatic carbocycles. The molecule has 0 saturated heterocycles. The number of nitrogens with zero attached hydrogens (tertiary/aromatic N) is 2. The lowest BCUT2D eigenvalue weighted by atomic mass is 10.1. The highest BCUT2D eigenvalue weighted by atomic mass is 35.5. The van der Waals surface area contributed by atoms with Crippen LogP contribution in [0.5, 0.6) is 0 Å². The van der Waals surface area contributed by atoms with E-state index in [0.717, 1.165) is 30.8 Å². The van der Waals surface area contributed by atoms with E-state index in [0.29, 0.717) is 18.1 Å². The van der Waals surface area contributed by atoms with Gasteiger partial charge in [0, 0.05) is 26.7 Å². The van der Waals surface area contributed by atoms with Crippen LogP contribution >= 0.6 is 11.6 Å². The van der Waals surface area contributed by atoms with Crippen LogP contribution < -0.4 is 0 Å². The fourth-order valence-electron chi connectivity index (χ4n) is 1.85. The van der Waals surface area contributed by atoms with Gasteiger partial charge in [-0.25, -0.2) is 0 Å². The van der Waals surface area contributed by atoms with Gasteiger partial charge in [0.2, 0.25) is 0 Å². The third kappa shape index (κ3) is 3.98. The van der Waals surface area contributed by atoms with E-state index in [1.807, 2.05) is 18.5 Å². The molecule has 1 N–H and O–H groups in total. The Balaban J connectivity index is 2.60. The monoisotopic (exact) mass is 260 g/mol. The molecule has 0 saturated carbocycles. The number of ether oxygens (including phenoxy) is 1. The summed E-state index contributed by atoms with van der Waals surface area (Å²) in [7, 11) is 1.67.